The fourth-order valence-corrected chi connectivity index (χ4v) is 5.08. The van der Waals surface area contributed by atoms with Crippen molar-refractivity contribution in [2.75, 3.05) is 26.1 Å². The Balaban J connectivity index is 1.92. The Morgan fingerprint density at radius 3 is 2.32 bits per heavy atom. The third kappa shape index (κ3) is 4.97. The number of methoxy groups -OCH3 is 2. The van der Waals surface area contributed by atoms with Crippen LogP contribution in [-0.4, -0.2) is 51.6 Å². The number of carbonyl (C=O) groups excluding carboxylic acids is 2. The molecule has 9 nitrogen and oxygen atoms in total. The van der Waals surface area contributed by atoms with Gasteiger partial charge in [0.1, 0.15) is 16.4 Å². The molecule has 3 rings (SSSR count). The number of hydrogen-bond donors (Lipinski definition) is 1. The van der Waals surface area contributed by atoms with E-state index in [-0.39, 0.29) is 22.7 Å². The molecule has 1 saturated heterocycles. The van der Waals surface area contributed by atoms with Crippen LogP contribution in [-0.2, 0) is 19.6 Å². The standard InChI is InChI=1S/C21H24N2O7S/c1-14(24)30-20-9-6-10-23(20)31(26,27)19-8-5-4-7-18(19)22-21(25)15-11-16(28-2)13-17(12-15)29-3/h4-5,7-8,11-13,20H,6,9-10H2,1-3H3,(H,22,25)/t20-/m0/s1. The van der Waals surface area contributed by atoms with Gasteiger partial charge in [0.25, 0.3) is 5.91 Å². The maximum absolute atomic E-state index is 13.3. The minimum absolute atomic E-state index is 0.0859. The van der Waals surface area contributed by atoms with Crippen LogP contribution in [0.5, 0.6) is 11.5 Å². The lowest BCUT2D eigenvalue weighted by Crippen LogP contribution is -2.38. The number of rotatable bonds is 7. The molecule has 0 radical (unpaired) electrons. The van der Waals surface area contributed by atoms with Gasteiger partial charge in [0.2, 0.25) is 10.0 Å². The van der Waals surface area contributed by atoms with E-state index in [2.05, 4.69) is 5.32 Å². The maximum atomic E-state index is 13.3. The van der Waals surface area contributed by atoms with Crippen molar-refractivity contribution in [2.24, 2.45) is 0 Å². The molecule has 0 spiro atoms. The Morgan fingerprint density at radius 1 is 1.06 bits per heavy atom. The molecule has 2 aromatic rings. The van der Waals surface area contributed by atoms with Crippen molar-refractivity contribution in [1.29, 1.82) is 0 Å². The Morgan fingerprint density at radius 2 is 1.71 bits per heavy atom. The lowest BCUT2D eigenvalue weighted by atomic mass is 10.2. The number of sulfonamides is 1. The summed E-state index contributed by atoms with van der Waals surface area (Å²) in [5.74, 6) is -0.239. The molecule has 0 aliphatic carbocycles. The van der Waals surface area contributed by atoms with Gasteiger partial charge in [-0.25, -0.2) is 8.42 Å². The zero-order valence-electron chi connectivity index (χ0n) is 17.5. The van der Waals surface area contributed by atoms with Crippen LogP contribution in [0.2, 0.25) is 0 Å². The van der Waals surface area contributed by atoms with Crippen molar-refractivity contribution in [2.45, 2.75) is 30.9 Å². The monoisotopic (exact) mass is 448 g/mol. The molecule has 10 heteroatoms. The average molecular weight is 448 g/mol. The largest absolute Gasteiger partial charge is 0.497 e. The van der Waals surface area contributed by atoms with E-state index < -0.39 is 28.1 Å². The Kier molecular flexibility index (Phi) is 6.81. The number of benzene rings is 2. The van der Waals surface area contributed by atoms with E-state index in [1.54, 1.807) is 18.2 Å². The highest BCUT2D eigenvalue weighted by Gasteiger charge is 2.38. The molecule has 2 aromatic carbocycles. The summed E-state index contributed by atoms with van der Waals surface area (Å²) in [5, 5.41) is 2.65. The molecule has 1 amide bonds. The third-order valence-corrected chi connectivity index (χ3v) is 6.74. The Hall–Kier alpha value is -3.11. The van der Waals surface area contributed by atoms with Gasteiger partial charge < -0.3 is 19.5 Å². The first-order valence-electron chi connectivity index (χ1n) is 9.58. The van der Waals surface area contributed by atoms with Crippen LogP contribution in [0.25, 0.3) is 0 Å². The number of nitrogens with one attached hydrogen (secondary N) is 1. The smallest absolute Gasteiger partial charge is 0.304 e. The van der Waals surface area contributed by atoms with Crippen molar-refractivity contribution < 1.29 is 32.2 Å². The zero-order valence-corrected chi connectivity index (χ0v) is 18.3. The molecular weight excluding hydrogens is 424 g/mol. The van der Waals surface area contributed by atoms with Crippen molar-refractivity contribution >= 4 is 27.6 Å². The second kappa shape index (κ2) is 9.36. The lowest BCUT2D eigenvalue weighted by molar-refractivity contribution is -0.150. The summed E-state index contributed by atoms with van der Waals surface area (Å²) in [6.45, 7) is 1.45. The predicted octanol–water partition coefficient (Wildman–Crippen LogP) is 2.63. The molecule has 1 fully saturated rings. The van der Waals surface area contributed by atoms with E-state index in [1.807, 2.05) is 0 Å². The van der Waals surface area contributed by atoms with Gasteiger partial charge in [-0.3, -0.25) is 9.59 Å². The summed E-state index contributed by atoms with van der Waals surface area (Å²) < 4.78 is 43.3. The molecule has 0 saturated carbocycles. The summed E-state index contributed by atoms with van der Waals surface area (Å²) in [4.78, 5) is 24.1. The van der Waals surface area contributed by atoms with Gasteiger partial charge in [-0.1, -0.05) is 12.1 Å². The molecule has 0 aromatic heterocycles. The van der Waals surface area contributed by atoms with Crippen LogP contribution in [0.15, 0.2) is 47.4 Å². The number of amides is 1. The molecule has 1 atom stereocenters. The van der Waals surface area contributed by atoms with Crippen molar-refractivity contribution in [1.82, 2.24) is 4.31 Å². The number of anilines is 1. The summed E-state index contributed by atoms with van der Waals surface area (Å²) in [6, 6.07) is 10.7. The van der Waals surface area contributed by atoms with Crippen LogP contribution >= 0.6 is 0 Å². The molecule has 1 aliphatic heterocycles. The maximum Gasteiger partial charge on any atom is 0.304 e. The van der Waals surface area contributed by atoms with Gasteiger partial charge in [-0.2, -0.15) is 4.31 Å². The SMILES string of the molecule is COc1cc(OC)cc(C(=O)Nc2ccccc2S(=O)(=O)N2CCC[C@@H]2OC(C)=O)c1. The van der Waals surface area contributed by atoms with Crippen molar-refractivity contribution in [3.8, 4) is 11.5 Å². The molecule has 1 aliphatic rings. The molecular formula is C21H24N2O7S. The van der Waals surface area contributed by atoms with E-state index in [0.29, 0.717) is 24.3 Å². The third-order valence-electron chi connectivity index (χ3n) is 4.79. The van der Waals surface area contributed by atoms with Gasteiger partial charge in [0.15, 0.2) is 6.23 Å². The van der Waals surface area contributed by atoms with E-state index in [0.717, 1.165) is 4.31 Å². The summed E-state index contributed by atoms with van der Waals surface area (Å²) in [7, 11) is -1.09. The fourth-order valence-electron chi connectivity index (χ4n) is 3.35. The number of carbonyl (C=O) groups is 2. The highest BCUT2D eigenvalue weighted by Crippen LogP contribution is 2.31. The molecule has 1 N–H and O–H groups in total. The van der Waals surface area contributed by atoms with Gasteiger partial charge in [-0.15, -0.1) is 0 Å². The number of nitrogens with zero attached hydrogens (tertiary/aromatic N) is 1. The van der Waals surface area contributed by atoms with Crippen molar-refractivity contribution in [3.63, 3.8) is 0 Å². The van der Waals surface area contributed by atoms with Gasteiger partial charge in [0.05, 0.1) is 19.9 Å². The number of para-hydroxylation sites is 1. The van der Waals surface area contributed by atoms with Gasteiger partial charge in [0, 0.05) is 31.5 Å². The number of hydrogen-bond acceptors (Lipinski definition) is 7. The summed E-state index contributed by atoms with van der Waals surface area (Å²) >= 11 is 0. The second-order valence-electron chi connectivity index (χ2n) is 6.87. The van der Waals surface area contributed by atoms with E-state index >= 15 is 0 Å². The van der Waals surface area contributed by atoms with Crippen LogP contribution in [0.4, 0.5) is 5.69 Å². The van der Waals surface area contributed by atoms with E-state index in [4.69, 9.17) is 14.2 Å². The first-order valence-corrected chi connectivity index (χ1v) is 11.0. The van der Waals surface area contributed by atoms with Crippen LogP contribution in [0.1, 0.15) is 30.1 Å². The molecule has 0 unspecified atom stereocenters. The number of ether oxygens (including phenoxy) is 3. The normalized spacial score (nSPS) is 16.5. The minimum atomic E-state index is -4.03. The molecule has 0 bridgehead atoms. The Labute approximate surface area is 181 Å². The van der Waals surface area contributed by atoms with Gasteiger partial charge >= 0.3 is 5.97 Å². The highest BCUT2D eigenvalue weighted by molar-refractivity contribution is 7.89. The molecule has 166 valence electrons. The average Bonchev–Trinajstić information content (AvgIpc) is 3.21. The topological polar surface area (TPSA) is 111 Å². The van der Waals surface area contributed by atoms with E-state index in [1.165, 1.54) is 45.4 Å². The first kappa shape index (κ1) is 22.6. The number of esters is 1. The van der Waals surface area contributed by atoms with Crippen LogP contribution < -0.4 is 14.8 Å². The quantitative estimate of drug-likeness (QED) is 0.648. The Bertz CT molecular complexity index is 1060. The zero-order chi connectivity index (χ0) is 22.6. The molecule has 31 heavy (non-hydrogen) atoms. The van der Waals surface area contributed by atoms with Crippen molar-refractivity contribution in [3.05, 3.63) is 48.0 Å². The summed E-state index contributed by atoms with van der Waals surface area (Å²) in [5.41, 5.74) is 0.352. The lowest BCUT2D eigenvalue weighted by Gasteiger charge is -2.24. The molecule has 1 heterocycles. The summed E-state index contributed by atoms with van der Waals surface area (Å²) in [6.07, 6.45) is 0.112. The minimum Gasteiger partial charge on any atom is -0.497 e. The predicted molar refractivity (Wildman–Crippen MR) is 113 cm³/mol. The second-order valence-corrected chi connectivity index (χ2v) is 8.73. The van der Waals surface area contributed by atoms with Crippen LogP contribution in [0, 0.1) is 0 Å². The first-order chi connectivity index (χ1) is 14.8. The van der Waals surface area contributed by atoms with E-state index in [9.17, 15) is 18.0 Å². The van der Waals surface area contributed by atoms with Crippen LogP contribution in [0.3, 0.4) is 0 Å². The fraction of sp³-hybridized carbons (Fsp3) is 0.333. The highest BCUT2D eigenvalue weighted by atomic mass is 32.2. The van der Waals surface area contributed by atoms with Gasteiger partial charge in [-0.05, 0) is 30.7 Å².